The highest BCUT2D eigenvalue weighted by molar-refractivity contribution is 7.09. The number of aromatic nitrogens is 1. The summed E-state index contributed by atoms with van der Waals surface area (Å²) in [6.45, 7) is 16.1. The normalized spacial score (nSPS) is 20.4. The van der Waals surface area contributed by atoms with Crippen LogP contribution in [0.1, 0.15) is 64.5 Å². The van der Waals surface area contributed by atoms with Crippen LogP contribution in [0, 0.1) is 30.6 Å². The van der Waals surface area contributed by atoms with Crippen LogP contribution < -0.4 is 4.80 Å². The molecular weight excluding hydrogens is 292 g/mol. The number of rotatable bonds is 5. The highest BCUT2D eigenvalue weighted by Gasteiger charge is 2.68. The van der Waals surface area contributed by atoms with E-state index in [-0.39, 0.29) is 22.7 Å². The van der Waals surface area contributed by atoms with Crippen LogP contribution >= 0.6 is 11.3 Å². The van der Waals surface area contributed by atoms with E-state index in [1.807, 2.05) is 0 Å². The average Bonchev–Trinajstić information content (AvgIpc) is 2.67. The number of carbonyl (C=O) groups excluding carboxylic acids is 1. The van der Waals surface area contributed by atoms with Gasteiger partial charge < -0.3 is 4.57 Å². The van der Waals surface area contributed by atoms with Crippen molar-refractivity contribution in [3.8, 4) is 0 Å². The van der Waals surface area contributed by atoms with Crippen molar-refractivity contribution in [2.24, 2.45) is 21.7 Å². The number of nitrogens with zero attached hydrogens (tertiary/aromatic N) is 2. The molecule has 1 aliphatic rings. The van der Waals surface area contributed by atoms with Gasteiger partial charge in [-0.2, -0.15) is 4.99 Å². The van der Waals surface area contributed by atoms with Crippen LogP contribution in [0.4, 0.5) is 0 Å². The topological polar surface area (TPSA) is 34.4 Å². The summed E-state index contributed by atoms with van der Waals surface area (Å²) in [5.74, 6) is 0.104. The highest BCUT2D eigenvalue weighted by Crippen LogP contribution is 2.68. The van der Waals surface area contributed by atoms with Gasteiger partial charge in [-0.25, -0.2) is 0 Å². The molecule has 22 heavy (non-hydrogen) atoms. The molecular formula is C18H30N2OS. The maximum Gasteiger partial charge on any atom is 0.252 e. The first kappa shape index (κ1) is 17.5. The van der Waals surface area contributed by atoms with Crippen LogP contribution in [0.2, 0.25) is 0 Å². The summed E-state index contributed by atoms with van der Waals surface area (Å²) in [6.07, 6.45) is 3.57. The third-order valence-electron chi connectivity index (χ3n) is 5.85. The third kappa shape index (κ3) is 2.82. The smallest absolute Gasteiger partial charge is 0.252 e. The molecule has 1 amide bonds. The monoisotopic (exact) mass is 322 g/mol. The lowest BCUT2D eigenvalue weighted by Crippen LogP contribution is -2.19. The number of thiazole rings is 1. The van der Waals surface area contributed by atoms with Gasteiger partial charge in [-0.1, -0.05) is 47.5 Å². The van der Waals surface area contributed by atoms with Gasteiger partial charge in [0.2, 0.25) is 0 Å². The number of hydrogen-bond donors (Lipinski definition) is 0. The van der Waals surface area contributed by atoms with Crippen molar-refractivity contribution in [1.82, 2.24) is 4.57 Å². The van der Waals surface area contributed by atoms with E-state index < -0.39 is 0 Å². The highest BCUT2D eigenvalue weighted by atomic mass is 32.1. The third-order valence-corrected chi connectivity index (χ3v) is 6.94. The number of carbonyl (C=O) groups is 1. The molecule has 1 aromatic heterocycles. The molecule has 0 unspecified atom stereocenters. The van der Waals surface area contributed by atoms with Crippen molar-refractivity contribution in [3.05, 3.63) is 15.4 Å². The largest absolute Gasteiger partial charge is 0.321 e. The van der Waals surface area contributed by atoms with Crippen LogP contribution in [0.3, 0.4) is 0 Å². The SMILES string of the molecule is CCCCCn1c(C)c(C)sc1=NC(=O)C1C(C)(C)C1(C)C. The van der Waals surface area contributed by atoms with Crippen LogP contribution in [0.15, 0.2) is 4.99 Å². The van der Waals surface area contributed by atoms with Crippen molar-refractivity contribution in [3.63, 3.8) is 0 Å². The van der Waals surface area contributed by atoms with E-state index >= 15 is 0 Å². The Morgan fingerprint density at radius 1 is 1.18 bits per heavy atom. The summed E-state index contributed by atoms with van der Waals surface area (Å²) < 4.78 is 2.23. The second kappa shape index (κ2) is 5.95. The lowest BCUT2D eigenvalue weighted by Gasteiger charge is -2.05. The molecule has 0 bridgehead atoms. The van der Waals surface area contributed by atoms with Gasteiger partial charge in [-0.15, -0.1) is 11.3 Å². The fourth-order valence-corrected chi connectivity index (χ4v) is 4.44. The maximum absolute atomic E-state index is 12.6. The zero-order chi connectivity index (χ0) is 16.7. The van der Waals surface area contributed by atoms with E-state index in [0.29, 0.717) is 0 Å². The van der Waals surface area contributed by atoms with Crippen LogP contribution in [0.25, 0.3) is 0 Å². The van der Waals surface area contributed by atoms with Crippen LogP contribution in [0.5, 0.6) is 0 Å². The molecule has 1 aromatic rings. The predicted molar refractivity (Wildman–Crippen MR) is 92.9 cm³/mol. The first-order valence-electron chi connectivity index (χ1n) is 8.40. The Labute approximate surface area is 138 Å². The zero-order valence-electron chi connectivity index (χ0n) is 15.1. The van der Waals surface area contributed by atoms with Gasteiger partial charge in [0.25, 0.3) is 5.91 Å². The minimum absolute atomic E-state index is 0.0480. The van der Waals surface area contributed by atoms with Crippen molar-refractivity contribution < 1.29 is 4.79 Å². The van der Waals surface area contributed by atoms with E-state index in [4.69, 9.17) is 0 Å². The summed E-state index contributed by atoms with van der Waals surface area (Å²) in [6, 6.07) is 0. The summed E-state index contributed by atoms with van der Waals surface area (Å²) >= 11 is 1.65. The van der Waals surface area contributed by atoms with E-state index in [0.717, 1.165) is 17.8 Å². The number of hydrogen-bond acceptors (Lipinski definition) is 2. The molecule has 1 saturated carbocycles. The Hall–Kier alpha value is -0.900. The molecule has 0 aromatic carbocycles. The van der Waals surface area contributed by atoms with Crippen molar-refractivity contribution in [2.45, 2.75) is 74.3 Å². The molecule has 0 spiro atoms. The molecule has 0 radical (unpaired) electrons. The lowest BCUT2D eigenvalue weighted by molar-refractivity contribution is -0.120. The number of unbranched alkanes of at least 4 members (excludes halogenated alkanes) is 2. The van der Waals surface area contributed by atoms with E-state index in [9.17, 15) is 4.79 Å². The number of aryl methyl sites for hydroxylation is 1. The van der Waals surface area contributed by atoms with Gasteiger partial charge in [0.1, 0.15) is 0 Å². The molecule has 0 saturated heterocycles. The summed E-state index contributed by atoms with van der Waals surface area (Å²) in [5.41, 5.74) is 1.37. The van der Waals surface area contributed by atoms with Crippen LogP contribution in [-0.2, 0) is 11.3 Å². The quantitative estimate of drug-likeness (QED) is 0.737. The molecule has 1 heterocycles. The first-order chi connectivity index (χ1) is 10.1. The molecule has 124 valence electrons. The van der Waals surface area contributed by atoms with Gasteiger partial charge in [0.15, 0.2) is 4.80 Å². The van der Waals surface area contributed by atoms with Gasteiger partial charge >= 0.3 is 0 Å². The van der Waals surface area contributed by atoms with Gasteiger partial charge in [-0.05, 0) is 31.1 Å². The summed E-state index contributed by atoms with van der Waals surface area (Å²) in [7, 11) is 0. The Balaban J connectivity index is 2.29. The maximum atomic E-state index is 12.6. The molecule has 0 aliphatic heterocycles. The summed E-state index contributed by atoms with van der Waals surface area (Å²) in [4.78, 5) is 19.3. The minimum atomic E-state index is 0.0480. The number of amides is 1. The lowest BCUT2D eigenvalue weighted by atomic mass is 10.0. The van der Waals surface area contributed by atoms with Crippen molar-refractivity contribution in [2.75, 3.05) is 0 Å². The average molecular weight is 323 g/mol. The van der Waals surface area contributed by atoms with E-state index in [1.54, 1.807) is 11.3 Å². The fraction of sp³-hybridized carbons (Fsp3) is 0.778. The molecule has 1 aliphatic carbocycles. The van der Waals surface area contributed by atoms with Crippen molar-refractivity contribution in [1.29, 1.82) is 0 Å². The first-order valence-corrected chi connectivity index (χ1v) is 9.21. The molecule has 1 fully saturated rings. The Kier molecular flexibility index (Phi) is 4.72. The predicted octanol–water partition coefficient (Wildman–Crippen LogP) is 4.47. The molecule has 4 heteroatoms. The Bertz CT molecular complexity index is 620. The molecule has 0 N–H and O–H groups in total. The second-order valence-electron chi connectivity index (χ2n) is 7.71. The van der Waals surface area contributed by atoms with E-state index in [1.165, 1.54) is 23.4 Å². The van der Waals surface area contributed by atoms with E-state index in [2.05, 4.69) is 58.0 Å². The van der Waals surface area contributed by atoms with Gasteiger partial charge in [0, 0.05) is 17.1 Å². The Morgan fingerprint density at radius 2 is 1.77 bits per heavy atom. The molecule has 2 rings (SSSR count). The Morgan fingerprint density at radius 3 is 2.27 bits per heavy atom. The molecule has 3 nitrogen and oxygen atoms in total. The van der Waals surface area contributed by atoms with Crippen molar-refractivity contribution >= 4 is 17.2 Å². The van der Waals surface area contributed by atoms with Gasteiger partial charge in [-0.3, -0.25) is 4.79 Å². The minimum Gasteiger partial charge on any atom is -0.321 e. The summed E-state index contributed by atoms with van der Waals surface area (Å²) in [5, 5.41) is 0. The zero-order valence-corrected chi connectivity index (χ0v) is 15.9. The second-order valence-corrected chi connectivity index (χ2v) is 8.89. The fourth-order valence-electron chi connectivity index (χ4n) is 3.44. The van der Waals surface area contributed by atoms with Crippen LogP contribution in [-0.4, -0.2) is 10.5 Å². The standard InChI is InChI=1S/C18H30N2OS/c1-8-9-10-11-20-12(2)13(3)22-16(20)19-15(21)14-17(4,5)18(14,6)7/h14H,8-11H2,1-7H3. The van der Waals surface area contributed by atoms with Gasteiger partial charge in [0.05, 0.1) is 5.92 Å². The molecule has 0 atom stereocenters.